The van der Waals surface area contributed by atoms with Crippen LogP contribution in [0.2, 0.25) is 5.02 Å². The van der Waals surface area contributed by atoms with Gasteiger partial charge < -0.3 is 10.3 Å². The van der Waals surface area contributed by atoms with Gasteiger partial charge in [0.15, 0.2) is 0 Å². The number of hydrogen-bond acceptors (Lipinski definition) is 2. The average molecular weight is 252 g/mol. The molecule has 5 heteroatoms. The van der Waals surface area contributed by atoms with Crippen LogP contribution < -0.4 is 5.32 Å². The topological polar surface area (TPSA) is 57.8 Å². The fourth-order valence-corrected chi connectivity index (χ4v) is 1.99. The molecule has 0 saturated carbocycles. The SMILES string of the molecule is CCCNC(=O)Cc1c[nH]c2nccc(Cl)c12. The van der Waals surface area contributed by atoms with Crippen LogP contribution in [0.1, 0.15) is 18.9 Å². The van der Waals surface area contributed by atoms with Crippen molar-refractivity contribution < 1.29 is 4.79 Å². The van der Waals surface area contributed by atoms with Crippen molar-refractivity contribution in [2.24, 2.45) is 0 Å². The van der Waals surface area contributed by atoms with E-state index in [1.54, 1.807) is 18.5 Å². The zero-order chi connectivity index (χ0) is 12.3. The Morgan fingerprint density at radius 1 is 1.59 bits per heavy atom. The molecule has 2 aromatic rings. The largest absolute Gasteiger partial charge is 0.356 e. The maximum absolute atomic E-state index is 11.6. The van der Waals surface area contributed by atoms with Gasteiger partial charge in [-0.1, -0.05) is 18.5 Å². The van der Waals surface area contributed by atoms with Crippen molar-refractivity contribution in [2.45, 2.75) is 19.8 Å². The van der Waals surface area contributed by atoms with Crippen LogP contribution in [0.15, 0.2) is 18.5 Å². The Labute approximate surface area is 104 Å². The van der Waals surface area contributed by atoms with E-state index in [-0.39, 0.29) is 5.91 Å². The Balaban J connectivity index is 2.22. The summed E-state index contributed by atoms with van der Waals surface area (Å²) >= 11 is 6.10. The summed E-state index contributed by atoms with van der Waals surface area (Å²) < 4.78 is 0. The molecule has 0 spiro atoms. The van der Waals surface area contributed by atoms with E-state index in [9.17, 15) is 4.79 Å². The van der Waals surface area contributed by atoms with E-state index < -0.39 is 0 Å². The van der Waals surface area contributed by atoms with Crippen LogP contribution in [0.25, 0.3) is 11.0 Å². The van der Waals surface area contributed by atoms with E-state index in [0.717, 1.165) is 23.0 Å². The lowest BCUT2D eigenvalue weighted by Gasteiger charge is -2.02. The van der Waals surface area contributed by atoms with Gasteiger partial charge in [-0.15, -0.1) is 0 Å². The predicted molar refractivity (Wildman–Crippen MR) is 68.1 cm³/mol. The number of carbonyl (C=O) groups excluding carboxylic acids is 1. The summed E-state index contributed by atoms with van der Waals surface area (Å²) in [6.07, 6.45) is 4.69. The van der Waals surface area contributed by atoms with E-state index >= 15 is 0 Å². The van der Waals surface area contributed by atoms with E-state index in [4.69, 9.17) is 11.6 Å². The Morgan fingerprint density at radius 3 is 3.18 bits per heavy atom. The second-order valence-electron chi connectivity index (χ2n) is 3.86. The third kappa shape index (κ3) is 2.58. The molecule has 90 valence electrons. The molecule has 0 fully saturated rings. The van der Waals surface area contributed by atoms with Gasteiger partial charge in [-0.25, -0.2) is 4.98 Å². The van der Waals surface area contributed by atoms with Gasteiger partial charge in [0.25, 0.3) is 0 Å². The van der Waals surface area contributed by atoms with Gasteiger partial charge in [-0.2, -0.15) is 0 Å². The lowest BCUT2D eigenvalue weighted by atomic mass is 10.1. The first-order valence-electron chi connectivity index (χ1n) is 5.59. The molecule has 0 aromatic carbocycles. The third-order valence-corrected chi connectivity index (χ3v) is 2.84. The number of H-pyrrole nitrogens is 1. The van der Waals surface area contributed by atoms with Crippen LogP contribution in [0.3, 0.4) is 0 Å². The van der Waals surface area contributed by atoms with Crippen LogP contribution >= 0.6 is 11.6 Å². The fourth-order valence-electron chi connectivity index (χ4n) is 1.72. The van der Waals surface area contributed by atoms with Crippen molar-refractivity contribution in [3.05, 3.63) is 29.0 Å². The zero-order valence-electron chi connectivity index (χ0n) is 9.59. The number of fused-ring (bicyclic) bond motifs is 1. The standard InChI is InChI=1S/C12H14ClN3O/c1-2-4-14-10(17)6-8-7-16-12-11(8)9(13)3-5-15-12/h3,5,7H,2,4,6H2,1H3,(H,14,17)(H,15,16). The summed E-state index contributed by atoms with van der Waals surface area (Å²) in [6.45, 7) is 2.72. The molecule has 4 nitrogen and oxygen atoms in total. The van der Waals surface area contributed by atoms with Gasteiger partial charge in [0, 0.05) is 24.3 Å². The summed E-state index contributed by atoms with van der Waals surface area (Å²) in [7, 11) is 0. The molecule has 0 unspecified atom stereocenters. The van der Waals surface area contributed by atoms with Gasteiger partial charge in [0.1, 0.15) is 5.65 Å². The normalized spacial score (nSPS) is 10.7. The number of nitrogens with one attached hydrogen (secondary N) is 2. The van der Waals surface area contributed by atoms with Crippen molar-refractivity contribution in [3.8, 4) is 0 Å². The molecule has 0 saturated heterocycles. The number of pyridine rings is 1. The minimum atomic E-state index is 0.00710. The summed E-state index contributed by atoms with van der Waals surface area (Å²) in [5.41, 5.74) is 1.60. The van der Waals surface area contributed by atoms with Crippen molar-refractivity contribution in [3.63, 3.8) is 0 Å². The number of aromatic nitrogens is 2. The minimum Gasteiger partial charge on any atom is -0.356 e. The number of halogens is 1. The third-order valence-electron chi connectivity index (χ3n) is 2.53. The zero-order valence-corrected chi connectivity index (χ0v) is 10.3. The van der Waals surface area contributed by atoms with Gasteiger partial charge in [0.2, 0.25) is 5.91 Å². The summed E-state index contributed by atoms with van der Waals surface area (Å²) in [5.74, 6) is 0.00710. The van der Waals surface area contributed by atoms with Crippen molar-refractivity contribution in [2.75, 3.05) is 6.54 Å². The highest BCUT2D eigenvalue weighted by molar-refractivity contribution is 6.35. The molecule has 0 aliphatic carbocycles. The first-order valence-corrected chi connectivity index (χ1v) is 5.97. The lowest BCUT2D eigenvalue weighted by molar-refractivity contribution is -0.120. The summed E-state index contributed by atoms with van der Waals surface area (Å²) in [5, 5.41) is 4.29. The van der Waals surface area contributed by atoms with Gasteiger partial charge >= 0.3 is 0 Å². The van der Waals surface area contributed by atoms with Gasteiger partial charge in [-0.05, 0) is 18.1 Å². The number of nitrogens with zero attached hydrogens (tertiary/aromatic N) is 1. The van der Waals surface area contributed by atoms with Crippen LogP contribution in [0.4, 0.5) is 0 Å². The number of aromatic amines is 1. The first-order chi connectivity index (χ1) is 8.22. The van der Waals surface area contributed by atoms with Gasteiger partial charge in [-0.3, -0.25) is 4.79 Å². The Hall–Kier alpha value is -1.55. The Kier molecular flexibility index (Phi) is 3.64. The molecule has 2 N–H and O–H groups in total. The van der Waals surface area contributed by atoms with E-state index in [1.165, 1.54) is 0 Å². The number of amides is 1. The molecule has 2 heterocycles. The van der Waals surface area contributed by atoms with Crippen LogP contribution in [0.5, 0.6) is 0 Å². The van der Waals surface area contributed by atoms with Gasteiger partial charge in [0.05, 0.1) is 11.4 Å². The first kappa shape index (κ1) is 11.9. The molecule has 0 aliphatic rings. The minimum absolute atomic E-state index is 0.00710. The molecule has 2 rings (SSSR count). The second-order valence-corrected chi connectivity index (χ2v) is 4.26. The highest BCUT2D eigenvalue weighted by Crippen LogP contribution is 2.25. The van der Waals surface area contributed by atoms with Crippen LogP contribution in [-0.4, -0.2) is 22.4 Å². The van der Waals surface area contributed by atoms with Crippen molar-refractivity contribution in [1.82, 2.24) is 15.3 Å². The summed E-state index contributed by atoms with van der Waals surface area (Å²) in [6, 6.07) is 1.73. The number of carbonyl (C=O) groups is 1. The Bertz CT molecular complexity index is 536. The number of rotatable bonds is 4. The van der Waals surface area contributed by atoms with E-state index in [0.29, 0.717) is 18.0 Å². The molecule has 0 aliphatic heterocycles. The Morgan fingerprint density at radius 2 is 2.41 bits per heavy atom. The molecule has 0 atom stereocenters. The smallest absolute Gasteiger partial charge is 0.224 e. The molecule has 17 heavy (non-hydrogen) atoms. The average Bonchev–Trinajstić information content (AvgIpc) is 2.71. The predicted octanol–water partition coefficient (Wildman–Crippen LogP) is 2.29. The maximum Gasteiger partial charge on any atom is 0.224 e. The molecular formula is C12H14ClN3O. The molecule has 1 amide bonds. The van der Waals surface area contributed by atoms with E-state index in [2.05, 4.69) is 15.3 Å². The highest BCUT2D eigenvalue weighted by atomic mass is 35.5. The highest BCUT2D eigenvalue weighted by Gasteiger charge is 2.11. The maximum atomic E-state index is 11.6. The van der Waals surface area contributed by atoms with E-state index in [1.807, 2.05) is 6.92 Å². The van der Waals surface area contributed by atoms with Crippen molar-refractivity contribution >= 4 is 28.5 Å². The quantitative estimate of drug-likeness (QED) is 0.876. The molecule has 0 bridgehead atoms. The lowest BCUT2D eigenvalue weighted by Crippen LogP contribution is -2.25. The number of hydrogen-bond donors (Lipinski definition) is 2. The van der Waals surface area contributed by atoms with Crippen LogP contribution in [-0.2, 0) is 11.2 Å². The second kappa shape index (κ2) is 5.19. The summed E-state index contributed by atoms with van der Waals surface area (Å²) in [4.78, 5) is 18.8. The van der Waals surface area contributed by atoms with Crippen molar-refractivity contribution in [1.29, 1.82) is 0 Å². The molecule has 0 radical (unpaired) electrons. The molecule has 2 aromatic heterocycles. The van der Waals surface area contributed by atoms with Crippen LogP contribution in [0, 0.1) is 0 Å². The monoisotopic (exact) mass is 251 g/mol. The fraction of sp³-hybridized carbons (Fsp3) is 0.333. The molecular weight excluding hydrogens is 238 g/mol.